The predicted molar refractivity (Wildman–Crippen MR) is 79.6 cm³/mol. The van der Waals surface area contributed by atoms with Gasteiger partial charge in [-0.05, 0) is 20.3 Å². The molecule has 1 heterocycles. The molecule has 0 radical (unpaired) electrons. The molecule has 1 rings (SSSR count). The first kappa shape index (κ1) is 17.2. The van der Waals surface area contributed by atoms with E-state index in [2.05, 4.69) is 6.92 Å². The van der Waals surface area contributed by atoms with E-state index in [0.717, 1.165) is 12.8 Å². The molecular formula is C16H29NO3. The number of amides is 1. The van der Waals surface area contributed by atoms with E-state index < -0.39 is 12.2 Å². The van der Waals surface area contributed by atoms with Gasteiger partial charge in [-0.2, -0.15) is 0 Å². The Kier molecular flexibility index (Phi) is 7.82. The maximum absolute atomic E-state index is 12.0. The Morgan fingerprint density at radius 2 is 1.50 bits per heavy atom. The summed E-state index contributed by atoms with van der Waals surface area (Å²) in [7, 11) is 0. The molecule has 0 unspecified atom stereocenters. The molecule has 0 saturated carbocycles. The van der Waals surface area contributed by atoms with E-state index in [1.807, 2.05) is 13.8 Å². The first-order chi connectivity index (χ1) is 9.65. The Bertz CT molecular complexity index is 313. The summed E-state index contributed by atoms with van der Waals surface area (Å²) in [5.74, 6) is 0.0716. The zero-order valence-electron chi connectivity index (χ0n) is 13.2. The highest BCUT2D eigenvalue weighted by molar-refractivity contribution is 5.95. The van der Waals surface area contributed by atoms with Crippen LogP contribution in [0.3, 0.4) is 0 Å². The molecule has 4 heteroatoms. The van der Waals surface area contributed by atoms with Crippen molar-refractivity contribution in [3.05, 3.63) is 0 Å². The van der Waals surface area contributed by atoms with Crippen molar-refractivity contribution < 1.29 is 14.3 Å². The Morgan fingerprint density at radius 1 is 0.900 bits per heavy atom. The number of epoxide rings is 1. The summed E-state index contributed by atoms with van der Waals surface area (Å²) >= 11 is 0. The van der Waals surface area contributed by atoms with E-state index in [1.54, 1.807) is 4.90 Å². The van der Waals surface area contributed by atoms with Crippen molar-refractivity contribution in [3.63, 3.8) is 0 Å². The van der Waals surface area contributed by atoms with E-state index in [9.17, 15) is 9.59 Å². The van der Waals surface area contributed by atoms with Gasteiger partial charge in [0.05, 0.1) is 0 Å². The van der Waals surface area contributed by atoms with Gasteiger partial charge in [0.1, 0.15) is 0 Å². The number of hydrogen-bond acceptors (Lipinski definition) is 3. The van der Waals surface area contributed by atoms with Crippen molar-refractivity contribution in [3.8, 4) is 0 Å². The molecule has 0 bridgehead atoms. The molecule has 1 fully saturated rings. The summed E-state index contributed by atoms with van der Waals surface area (Å²) in [6, 6.07) is 0. The number of ketones is 1. The van der Waals surface area contributed by atoms with E-state index in [4.69, 9.17) is 4.74 Å². The third kappa shape index (κ3) is 5.23. The molecule has 2 atom stereocenters. The van der Waals surface area contributed by atoms with Crippen molar-refractivity contribution in [1.29, 1.82) is 0 Å². The second-order valence-corrected chi connectivity index (χ2v) is 5.47. The van der Waals surface area contributed by atoms with Gasteiger partial charge in [-0.3, -0.25) is 9.59 Å². The van der Waals surface area contributed by atoms with Gasteiger partial charge in [0.2, 0.25) is 0 Å². The summed E-state index contributed by atoms with van der Waals surface area (Å²) in [6.07, 6.45) is 6.61. The lowest BCUT2D eigenvalue weighted by Crippen LogP contribution is -2.35. The summed E-state index contributed by atoms with van der Waals surface area (Å²) in [5.41, 5.74) is 0. The lowest BCUT2D eigenvalue weighted by molar-refractivity contribution is -0.132. The molecule has 0 aliphatic carbocycles. The minimum Gasteiger partial charge on any atom is -0.351 e. The predicted octanol–water partition coefficient (Wildman–Crippen LogP) is 2.94. The number of likely N-dealkylation sites (N-methyl/N-ethyl adjacent to an activating group) is 1. The number of carbonyl (C=O) groups is 2. The van der Waals surface area contributed by atoms with E-state index in [-0.39, 0.29) is 11.7 Å². The van der Waals surface area contributed by atoms with Gasteiger partial charge in [-0.25, -0.2) is 0 Å². The second-order valence-electron chi connectivity index (χ2n) is 5.47. The first-order valence-electron chi connectivity index (χ1n) is 8.12. The van der Waals surface area contributed by atoms with Gasteiger partial charge < -0.3 is 9.64 Å². The fourth-order valence-corrected chi connectivity index (χ4v) is 2.48. The van der Waals surface area contributed by atoms with Crippen molar-refractivity contribution >= 4 is 11.7 Å². The van der Waals surface area contributed by atoms with E-state index >= 15 is 0 Å². The molecule has 1 saturated heterocycles. The molecule has 1 amide bonds. The molecule has 0 aromatic rings. The van der Waals surface area contributed by atoms with Crippen molar-refractivity contribution in [1.82, 2.24) is 4.90 Å². The molecule has 0 spiro atoms. The topological polar surface area (TPSA) is 49.9 Å². The lowest BCUT2D eigenvalue weighted by atomic mass is 10.1. The van der Waals surface area contributed by atoms with Crippen molar-refractivity contribution in [2.75, 3.05) is 13.1 Å². The highest BCUT2D eigenvalue weighted by atomic mass is 16.6. The molecule has 1 aliphatic rings. The van der Waals surface area contributed by atoms with Crippen molar-refractivity contribution in [2.24, 2.45) is 0 Å². The van der Waals surface area contributed by atoms with E-state index in [1.165, 1.54) is 25.7 Å². The number of unbranched alkanes of at least 4 members (excludes halogenated alkanes) is 5. The Morgan fingerprint density at radius 3 is 2.10 bits per heavy atom. The van der Waals surface area contributed by atoms with Crippen LogP contribution in [0.4, 0.5) is 0 Å². The van der Waals surface area contributed by atoms with Crippen LogP contribution in [0, 0.1) is 0 Å². The molecule has 1 aliphatic heterocycles. The normalized spacial score (nSPS) is 20.8. The minimum atomic E-state index is -0.498. The quantitative estimate of drug-likeness (QED) is 0.433. The highest BCUT2D eigenvalue weighted by Crippen LogP contribution is 2.27. The van der Waals surface area contributed by atoms with Gasteiger partial charge >= 0.3 is 0 Å². The zero-order valence-corrected chi connectivity index (χ0v) is 13.2. The molecule has 4 nitrogen and oxygen atoms in total. The van der Waals surface area contributed by atoms with Gasteiger partial charge in [0.15, 0.2) is 18.0 Å². The maximum Gasteiger partial charge on any atom is 0.254 e. The average Bonchev–Trinajstić information content (AvgIpc) is 3.24. The smallest absolute Gasteiger partial charge is 0.254 e. The standard InChI is InChI=1S/C16H29NO3/c1-4-7-8-9-10-11-12-13(18)14-15(20-14)16(19)17(5-2)6-3/h14-15H,4-12H2,1-3H3/t14-,15-/m1/s1. The molecule has 116 valence electrons. The van der Waals surface area contributed by atoms with Crippen molar-refractivity contribution in [2.45, 2.75) is 77.9 Å². The second kappa shape index (κ2) is 9.11. The third-order valence-corrected chi connectivity index (χ3v) is 3.90. The maximum atomic E-state index is 12.0. The highest BCUT2D eigenvalue weighted by Gasteiger charge is 2.50. The number of carbonyl (C=O) groups excluding carboxylic acids is 2. The zero-order chi connectivity index (χ0) is 15.0. The lowest BCUT2D eigenvalue weighted by Gasteiger charge is -2.16. The SMILES string of the molecule is CCCCCCCCC(=O)[C@H]1O[C@H]1C(=O)N(CC)CC. The largest absolute Gasteiger partial charge is 0.351 e. The fraction of sp³-hybridized carbons (Fsp3) is 0.875. The molecule has 0 aromatic heterocycles. The Balaban J connectivity index is 2.16. The van der Waals surface area contributed by atoms with Crippen LogP contribution in [0.1, 0.15) is 65.7 Å². The monoisotopic (exact) mass is 283 g/mol. The van der Waals surface area contributed by atoms with Gasteiger partial charge in [0.25, 0.3) is 5.91 Å². The van der Waals surface area contributed by atoms with Crippen LogP contribution in [-0.2, 0) is 14.3 Å². The van der Waals surface area contributed by atoms with Gasteiger partial charge in [-0.15, -0.1) is 0 Å². The van der Waals surface area contributed by atoms with Crippen LogP contribution in [0.15, 0.2) is 0 Å². The first-order valence-corrected chi connectivity index (χ1v) is 8.12. The Labute approximate surface area is 122 Å². The summed E-state index contributed by atoms with van der Waals surface area (Å²) in [5, 5.41) is 0. The summed E-state index contributed by atoms with van der Waals surface area (Å²) in [6.45, 7) is 7.43. The summed E-state index contributed by atoms with van der Waals surface area (Å²) < 4.78 is 5.28. The minimum absolute atomic E-state index is 0.0312. The van der Waals surface area contributed by atoms with E-state index in [0.29, 0.717) is 19.5 Å². The van der Waals surface area contributed by atoms with Crippen LogP contribution in [0.25, 0.3) is 0 Å². The molecular weight excluding hydrogens is 254 g/mol. The third-order valence-electron chi connectivity index (χ3n) is 3.90. The average molecular weight is 283 g/mol. The van der Waals surface area contributed by atoms with Crippen LogP contribution in [0.5, 0.6) is 0 Å². The molecule has 20 heavy (non-hydrogen) atoms. The number of rotatable bonds is 11. The fourth-order valence-electron chi connectivity index (χ4n) is 2.48. The molecule has 0 aromatic carbocycles. The Hall–Kier alpha value is -0.900. The molecule has 0 N–H and O–H groups in total. The van der Waals surface area contributed by atoms with Crippen LogP contribution in [0.2, 0.25) is 0 Å². The number of ether oxygens (including phenoxy) is 1. The number of nitrogens with zero attached hydrogens (tertiary/aromatic N) is 1. The van der Waals surface area contributed by atoms with Crippen LogP contribution in [-0.4, -0.2) is 41.9 Å². The van der Waals surface area contributed by atoms with Crippen LogP contribution >= 0.6 is 0 Å². The van der Waals surface area contributed by atoms with Crippen LogP contribution < -0.4 is 0 Å². The van der Waals surface area contributed by atoms with Gasteiger partial charge in [-0.1, -0.05) is 39.0 Å². The number of hydrogen-bond donors (Lipinski definition) is 0. The summed E-state index contributed by atoms with van der Waals surface area (Å²) in [4.78, 5) is 25.6. The number of Topliss-reactive ketones (excluding diaryl/α,β-unsaturated/α-hetero) is 1. The van der Waals surface area contributed by atoms with Gasteiger partial charge in [0, 0.05) is 19.5 Å².